The Kier molecular flexibility index (Phi) is 5.49. The number of morpholine rings is 1. The van der Waals surface area contributed by atoms with Crippen molar-refractivity contribution >= 4 is 9.84 Å². The van der Waals surface area contributed by atoms with Crippen LogP contribution in [0.4, 0.5) is 4.39 Å². The maximum atomic E-state index is 13.2. The van der Waals surface area contributed by atoms with Crippen LogP contribution >= 0.6 is 0 Å². The molecule has 6 nitrogen and oxygen atoms in total. The summed E-state index contributed by atoms with van der Waals surface area (Å²) in [4.78, 5) is 10.4. The molecule has 0 radical (unpaired) electrons. The summed E-state index contributed by atoms with van der Waals surface area (Å²) in [5, 5.41) is 0. The van der Waals surface area contributed by atoms with Crippen molar-refractivity contribution in [3.05, 3.63) is 71.9 Å². The fraction of sp³-hybridized carbons (Fsp3) is 0.286. The first-order valence-corrected chi connectivity index (χ1v) is 11.2. The molecule has 1 atom stereocenters. The van der Waals surface area contributed by atoms with Gasteiger partial charge in [-0.15, -0.1) is 0 Å². The largest absolute Gasteiger partial charge is 0.378 e. The lowest BCUT2D eigenvalue weighted by Gasteiger charge is -2.34. The Morgan fingerprint density at radius 3 is 2.59 bits per heavy atom. The molecule has 2 heterocycles. The van der Waals surface area contributed by atoms with E-state index >= 15 is 0 Å². The van der Waals surface area contributed by atoms with Gasteiger partial charge in [-0.3, -0.25) is 4.90 Å². The number of benzene rings is 2. The summed E-state index contributed by atoms with van der Waals surface area (Å²) in [5.41, 5.74) is 2.70. The first-order valence-electron chi connectivity index (χ1n) is 9.32. The van der Waals surface area contributed by atoms with Gasteiger partial charge in [0.15, 0.2) is 9.84 Å². The Bertz CT molecular complexity index is 1080. The summed E-state index contributed by atoms with van der Waals surface area (Å²) in [6, 6.07) is 13.2. The molecule has 8 heteroatoms. The van der Waals surface area contributed by atoms with Gasteiger partial charge in [-0.1, -0.05) is 24.3 Å². The lowest BCUT2D eigenvalue weighted by Crippen LogP contribution is -2.39. The number of nitrogens with one attached hydrogen (secondary N) is 1. The highest BCUT2D eigenvalue weighted by molar-refractivity contribution is 7.90. The van der Waals surface area contributed by atoms with E-state index in [0.29, 0.717) is 19.8 Å². The Morgan fingerprint density at radius 1 is 1.17 bits per heavy atom. The first-order chi connectivity index (χ1) is 13.9. The number of H-pyrrole nitrogens is 1. The standard InChI is InChI=1S/C21H22FN3O3S/c1-29(26,27)18-8-4-16(5-9-18)19-12-23-21(24-19)20-14-28-11-10-25(20)13-15-2-6-17(22)7-3-15/h2-9,12,20H,10-11,13-14H2,1H3,(H,23,24). The van der Waals surface area contributed by atoms with E-state index < -0.39 is 9.84 Å². The molecular formula is C21H22FN3O3S. The van der Waals surface area contributed by atoms with Gasteiger partial charge in [0.1, 0.15) is 11.6 Å². The van der Waals surface area contributed by atoms with E-state index in [4.69, 9.17) is 4.74 Å². The fourth-order valence-electron chi connectivity index (χ4n) is 3.44. The van der Waals surface area contributed by atoms with Crippen LogP contribution in [0.25, 0.3) is 11.3 Å². The number of aromatic amines is 1. The predicted octanol–water partition coefficient (Wildman–Crippen LogP) is 3.19. The van der Waals surface area contributed by atoms with Crippen molar-refractivity contribution in [1.82, 2.24) is 14.9 Å². The summed E-state index contributed by atoms with van der Waals surface area (Å²) in [6.07, 6.45) is 2.94. The molecule has 2 aromatic carbocycles. The minimum Gasteiger partial charge on any atom is -0.378 e. The van der Waals surface area contributed by atoms with Crippen LogP contribution in [-0.2, 0) is 21.1 Å². The van der Waals surface area contributed by atoms with Crippen LogP contribution in [-0.4, -0.2) is 49.3 Å². The number of hydrogen-bond acceptors (Lipinski definition) is 5. The second-order valence-corrected chi connectivity index (χ2v) is 9.18. The van der Waals surface area contributed by atoms with Gasteiger partial charge < -0.3 is 9.72 Å². The number of rotatable bonds is 5. The zero-order valence-electron chi connectivity index (χ0n) is 16.0. The number of ether oxygens (including phenoxy) is 1. The molecule has 3 aromatic rings. The smallest absolute Gasteiger partial charge is 0.175 e. The first kappa shape index (κ1) is 19.8. The Morgan fingerprint density at radius 2 is 1.90 bits per heavy atom. The monoisotopic (exact) mass is 415 g/mol. The Balaban J connectivity index is 1.54. The van der Waals surface area contributed by atoms with Gasteiger partial charge in [0.05, 0.1) is 36.0 Å². The Hall–Kier alpha value is -2.55. The molecular weight excluding hydrogens is 393 g/mol. The number of nitrogens with zero attached hydrogens (tertiary/aromatic N) is 2. The van der Waals surface area contributed by atoms with Crippen LogP contribution in [0, 0.1) is 5.82 Å². The van der Waals surface area contributed by atoms with Crippen LogP contribution in [0.1, 0.15) is 17.4 Å². The molecule has 1 fully saturated rings. The maximum Gasteiger partial charge on any atom is 0.175 e. The summed E-state index contributed by atoms with van der Waals surface area (Å²) < 4.78 is 42.1. The summed E-state index contributed by atoms with van der Waals surface area (Å²) >= 11 is 0. The molecule has 4 rings (SSSR count). The zero-order chi connectivity index (χ0) is 20.4. The number of halogens is 1. The fourth-order valence-corrected chi connectivity index (χ4v) is 4.07. The zero-order valence-corrected chi connectivity index (χ0v) is 16.8. The molecule has 1 aromatic heterocycles. The second kappa shape index (κ2) is 8.06. The highest BCUT2D eigenvalue weighted by atomic mass is 32.2. The summed E-state index contributed by atoms with van der Waals surface area (Å²) in [7, 11) is -3.23. The van der Waals surface area contributed by atoms with Gasteiger partial charge in [0, 0.05) is 19.3 Å². The van der Waals surface area contributed by atoms with E-state index in [9.17, 15) is 12.8 Å². The van der Waals surface area contributed by atoms with Gasteiger partial charge in [-0.25, -0.2) is 17.8 Å². The van der Waals surface area contributed by atoms with Crippen molar-refractivity contribution < 1.29 is 17.5 Å². The van der Waals surface area contributed by atoms with Gasteiger partial charge >= 0.3 is 0 Å². The second-order valence-electron chi connectivity index (χ2n) is 7.17. The number of aromatic nitrogens is 2. The van der Waals surface area contributed by atoms with Gasteiger partial charge in [-0.2, -0.15) is 0 Å². The minimum absolute atomic E-state index is 0.0437. The molecule has 0 spiro atoms. The third-order valence-corrected chi connectivity index (χ3v) is 6.17. The van der Waals surface area contributed by atoms with Gasteiger partial charge in [-0.05, 0) is 35.4 Å². The van der Waals surface area contributed by atoms with Gasteiger partial charge in [0.2, 0.25) is 0 Å². The molecule has 1 saturated heterocycles. The van der Waals surface area contributed by atoms with Crippen LogP contribution < -0.4 is 0 Å². The lowest BCUT2D eigenvalue weighted by atomic mass is 10.1. The molecule has 1 aliphatic rings. The van der Waals surface area contributed by atoms with E-state index in [0.717, 1.165) is 29.2 Å². The van der Waals surface area contributed by atoms with Crippen molar-refractivity contribution in [3.8, 4) is 11.3 Å². The van der Waals surface area contributed by atoms with E-state index in [-0.39, 0.29) is 16.8 Å². The molecule has 29 heavy (non-hydrogen) atoms. The van der Waals surface area contributed by atoms with Crippen LogP contribution in [0.3, 0.4) is 0 Å². The highest BCUT2D eigenvalue weighted by Gasteiger charge is 2.27. The molecule has 0 saturated carbocycles. The molecule has 1 N–H and O–H groups in total. The van der Waals surface area contributed by atoms with E-state index in [2.05, 4.69) is 14.9 Å². The summed E-state index contributed by atoms with van der Waals surface area (Å²) in [6.45, 7) is 2.58. The van der Waals surface area contributed by atoms with Crippen LogP contribution in [0.5, 0.6) is 0 Å². The molecule has 152 valence electrons. The molecule has 1 aliphatic heterocycles. The van der Waals surface area contributed by atoms with Crippen molar-refractivity contribution in [2.45, 2.75) is 17.5 Å². The third kappa shape index (κ3) is 4.55. The molecule has 1 unspecified atom stereocenters. The van der Waals surface area contributed by atoms with Crippen molar-refractivity contribution in [2.24, 2.45) is 0 Å². The van der Waals surface area contributed by atoms with Crippen molar-refractivity contribution in [2.75, 3.05) is 26.0 Å². The van der Waals surface area contributed by atoms with Crippen LogP contribution in [0.2, 0.25) is 0 Å². The highest BCUT2D eigenvalue weighted by Crippen LogP contribution is 2.27. The van der Waals surface area contributed by atoms with E-state index in [1.54, 1.807) is 42.6 Å². The molecule has 0 bridgehead atoms. The number of hydrogen-bond donors (Lipinski definition) is 1. The normalized spacial score (nSPS) is 18.1. The third-order valence-electron chi connectivity index (χ3n) is 5.04. The van der Waals surface area contributed by atoms with Crippen LogP contribution in [0.15, 0.2) is 59.6 Å². The molecule has 0 amide bonds. The number of imidazole rings is 1. The number of sulfone groups is 1. The predicted molar refractivity (Wildman–Crippen MR) is 108 cm³/mol. The quantitative estimate of drug-likeness (QED) is 0.693. The average molecular weight is 415 g/mol. The molecule has 0 aliphatic carbocycles. The lowest BCUT2D eigenvalue weighted by molar-refractivity contribution is -0.0156. The van der Waals surface area contributed by atoms with E-state index in [1.807, 2.05) is 0 Å². The van der Waals surface area contributed by atoms with Crippen molar-refractivity contribution in [3.63, 3.8) is 0 Å². The van der Waals surface area contributed by atoms with Crippen molar-refractivity contribution in [1.29, 1.82) is 0 Å². The average Bonchev–Trinajstić information content (AvgIpc) is 3.20. The summed E-state index contributed by atoms with van der Waals surface area (Å²) in [5.74, 6) is 0.541. The van der Waals surface area contributed by atoms with Gasteiger partial charge in [0.25, 0.3) is 0 Å². The minimum atomic E-state index is -3.23. The Labute approximate surface area is 169 Å². The van der Waals surface area contributed by atoms with E-state index in [1.165, 1.54) is 18.4 Å². The SMILES string of the molecule is CS(=O)(=O)c1ccc(-c2cnc(C3COCCN3Cc3ccc(F)cc3)[nH]2)cc1. The maximum absolute atomic E-state index is 13.2. The topological polar surface area (TPSA) is 75.3 Å².